The van der Waals surface area contributed by atoms with Gasteiger partial charge in [0.2, 0.25) is 0 Å². The zero-order chi connectivity index (χ0) is 15.9. The van der Waals surface area contributed by atoms with Gasteiger partial charge in [0.1, 0.15) is 0 Å². The van der Waals surface area contributed by atoms with Crippen LogP contribution in [0.3, 0.4) is 0 Å². The molecule has 0 atom stereocenters. The van der Waals surface area contributed by atoms with Crippen molar-refractivity contribution in [1.29, 1.82) is 0 Å². The molecular formula is C16H23N5S. The number of hydrogen-bond acceptors (Lipinski definition) is 4. The summed E-state index contributed by atoms with van der Waals surface area (Å²) >= 11 is 1.65. The van der Waals surface area contributed by atoms with Gasteiger partial charge in [-0.25, -0.2) is 9.98 Å². The Bertz CT molecular complexity index is 604. The van der Waals surface area contributed by atoms with Gasteiger partial charge in [0, 0.05) is 33.6 Å². The Kier molecular flexibility index (Phi) is 5.77. The van der Waals surface area contributed by atoms with E-state index in [1.54, 1.807) is 11.3 Å². The minimum Gasteiger partial charge on any atom is -0.354 e. The quantitative estimate of drug-likeness (QED) is 0.679. The lowest BCUT2D eigenvalue weighted by Crippen LogP contribution is -2.36. The summed E-state index contributed by atoms with van der Waals surface area (Å²) < 4.78 is 0. The third-order valence-corrected chi connectivity index (χ3v) is 4.08. The van der Waals surface area contributed by atoms with E-state index in [0.717, 1.165) is 16.8 Å². The summed E-state index contributed by atoms with van der Waals surface area (Å²) in [7, 11) is 7.98. The zero-order valence-corrected chi connectivity index (χ0v) is 14.4. The molecule has 0 bridgehead atoms. The van der Waals surface area contributed by atoms with Gasteiger partial charge in [-0.05, 0) is 5.56 Å². The SMILES string of the molecule is CN(C)C(=NCc1ccccc1)NCc1csc(N(C)C)n1. The fourth-order valence-electron chi connectivity index (χ4n) is 1.86. The number of anilines is 1. The molecule has 22 heavy (non-hydrogen) atoms. The van der Waals surface area contributed by atoms with Crippen molar-refractivity contribution >= 4 is 22.4 Å². The van der Waals surface area contributed by atoms with Crippen molar-refractivity contribution in [1.82, 2.24) is 15.2 Å². The summed E-state index contributed by atoms with van der Waals surface area (Å²) in [6.45, 7) is 1.34. The normalized spacial score (nSPS) is 11.4. The second-order valence-electron chi connectivity index (χ2n) is 5.39. The van der Waals surface area contributed by atoms with Crippen LogP contribution in [-0.2, 0) is 13.1 Å². The average Bonchev–Trinajstić information content (AvgIpc) is 2.97. The molecule has 118 valence electrons. The molecule has 0 radical (unpaired) electrons. The van der Waals surface area contributed by atoms with Crippen molar-refractivity contribution in [2.24, 2.45) is 4.99 Å². The number of rotatable bonds is 5. The van der Waals surface area contributed by atoms with Gasteiger partial charge in [0.25, 0.3) is 0 Å². The second-order valence-corrected chi connectivity index (χ2v) is 6.23. The molecule has 0 saturated carbocycles. The Labute approximate surface area is 136 Å². The lowest BCUT2D eigenvalue weighted by molar-refractivity contribution is 0.577. The van der Waals surface area contributed by atoms with Gasteiger partial charge in [-0.3, -0.25) is 0 Å². The lowest BCUT2D eigenvalue weighted by Gasteiger charge is -2.17. The largest absolute Gasteiger partial charge is 0.354 e. The van der Waals surface area contributed by atoms with Crippen LogP contribution in [0.5, 0.6) is 0 Å². The molecule has 0 aliphatic heterocycles. The Morgan fingerprint density at radius 1 is 1.18 bits per heavy atom. The predicted octanol–water partition coefficient (Wildman–Crippen LogP) is 2.42. The Hall–Kier alpha value is -2.08. The van der Waals surface area contributed by atoms with E-state index in [2.05, 4.69) is 32.8 Å². The monoisotopic (exact) mass is 317 g/mol. The fourth-order valence-corrected chi connectivity index (χ4v) is 2.62. The van der Waals surface area contributed by atoms with Crippen LogP contribution in [0.1, 0.15) is 11.3 Å². The van der Waals surface area contributed by atoms with E-state index in [4.69, 9.17) is 0 Å². The van der Waals surface area contributed by atoms with Gasteiger partial charge in [-0.1, -0.05) is 30.3 Å². The first-order valence-corrected chi connectivity index (χ1v) is 8.05. The topological polar surface area (TPSA) is 43.8 Å². The van der Waals surface area contributed by atoms with Crippen molar-refractivity contribution in [2.75, 3.05) is 33.1 Å². The first-order chi connectivity index (χ1) is 10.6. The van der Waals surface area contributed by atoms with E-state index in [0.29, 0.717) is 13.1 Å². The summed E-state index contributed by atoms with van der Waals surface area (Å²) in [6.07, 6.45) is 0. The number of thiazole rings is 1. The Morgan fingerprint density at radius 3 is 2.50 bits per heavy atom. The predicted molar refractivity (Wildman–Crippen MR) is 94.5 cm³/mol. The van der Waals surface area contributed by atoms with Crippen LogP contribution < -0.4 is 10.2 Å². The maximum atomic E-state index is 4.65. The maximum Gasteiger partial charge on any atom is 0.194 e. The van der Waals surface area contributed by atoms with Crippen LogP contribution in [0.15, 0.2) is 40.7 Å². The van der Waals surface area contributed by atoms with Gasteiger partial charge in [0.05, 0.1) is 18.8 Å². The lowest BCUT2D eigenvalue weighted by atomic mass is 10.2. The molecule has 0 saturated heterocycles. The molecule has 2 aromatic rings. The minimum atomic E-state index is 0.668. The van der Waals surface area contributed by atoms with Crippen LogP contribution in [0.4, 0.5) is 5.13 Å². The number of aliphatic imine (C=N–C) groups is 1. The Balaban J connectivity index is 1.96. The minimum absolute atomic E-state index is 0.668. The number of benzene rings is 1. The highest BCUT2D eigenvalue weighted by atomic mass is 32.1. The van der Waals surface area contributed by atoms with Crippen molar-refractivity contribution in [3.63, 3.8) is 0 Å². The third kappa shape index (κ3) is 4.73. The van der Waals surface area contributed by atoms with E-state index < -0.39 is 0 Å². The van der Waals surface area contributed by atoms with Gasteiger partial charge in [-0.15, -0.1) is 11.3 Å². The van der Waals surface area contributed by atoms with Crippen LogP contribution in [-0.4, -0.2) is 44.0 Å². The highest BCUT2D eigenvalue weighted by molar-refractivity contribution is 7.13. The van der Waals surface area contributed by atoms with E-state index in [1.807, 2.05) is 56.2 Å². The van der Waals surface area contributed by atoms with Crippen molar-refractivity contribution in [3.8, 4) is 0 Å². The van der Waals surface area contributed by atoms with Crippen molar-refractivity contribution in [3.05, 3.63) is 47.0 Å². The molecule has 1 heterocycles. The maximum absolute atomic E-state index is 4.65. The smallest absolute Gasteiger partial charge is 0.194 e. The molecule has 1 aromatic carbocycles. The van der Waals surface area contributed by atoms with Crippen molar-refractivity contribution < 1.29 is 0 Å². The standard InChI is InChI=1S/C16H23N5S/c1-20(2)15(17-10-13-8-6-5-7-9-13)18-11-14-12-22-16(19-14)21(3)4/h5-9,12H,10-11H2,1-4H3,(H,17,18). The average molecular weight is 317 g/mol. The van der Waals surface area contributed by atoms with Crippen LogP contribution in [0.25, 0.3) is 0 Å². The summed E-state index contributed by atoms with van der Waals surface area (Å²) in [5, 5.41) is 6.45. The highest BCUT2D eigenvalue weighted by Gasteiger charge is 2.06. The first kappa shape index (κ1) is 16.3. The molecular weight excluding hydrogens is 294 g/mol. The molecule has 0 fully saturated rings. The van der Waals surface area contributed by atoms with E-state index >= 15 is 0 Å². The van der Waals surface area contributed by atoms with E-state index in [-0.39, 0.29) is 0 Å². The van der Waals surface area contributed by atoms with Gasteiger partial charge < -0.3 is 15.1 Å². The number of nitrogens with zero attached hydrogens (tertiary/aromatic N) is 4. The zero-order valence-electron chi connectivity index (χ0n) is 13.6. The number of hydrogen-bond donors (Lipinski definition) is 1. The molecule has 5 nitrogen and oxygen atoms in total. The second kappa shape index (κ2) is 7.79. The number of nitrogens with one attached hydrogen (secondary N) is 1. The summed E-state index contributed by atoms with van der Waals surface area (Å²) in [5.74, 6) is 0.864. The van der Waals surface area contributed by atoms with E-state index in [9.17, 15) is 0 Å². The van der Waals surface area contributed by atoms with Crippen LogP contribution in [0, 0.1) is 0 Å². The summed E-state index contributed by atoms with van der Waals surface area (Å²) in [4.78, 5) is 13.2. The number of aromatic nitrogens is 1. The van der Waals surface area contributed by atoms with Crippen molar-refractivity contribution in [2.45, 2.75) is 13.1 Å². The summed E-state index contributed by atoms with van der Waals surface area (Å²) in [6, 6.07) is 10.3. The molecule has 1 aromatic heterocycles. The van der Waals surface area contributed by atoms with Gasteiger partial charge in [-0.2, -0.15) is 0 Å². The fraction of sp³-hybridized carbons (Fsp3) is 0.375. The molecule has 0 aliphatic carbocycles. The molecule has 0 spiro atoms. The first-order valence-electron chi connectivity index (χ1n) is 7.17. The third-order valence-electron chi connectivity index (χ3n) is 3.03. The summed E-state index contributed by atoms with van der Waals surface area (Å²) in [5.41, 5.74) is 2.23. The molecule has 0 unspecified atom stereocenters. The van der Waals surface area contributed by atoms with E-state index in [1.165, 1.54) is 5.56 Å². The molecule has 0 aliphatic rings. The highest BCUT2D eigenvalue weighted by Crippen LogP contribution is 2.17. The van der Waals surface area contributed by atoms with Gasteiger partial charge >= 0.3 is 0 Å². The van der Waals surface area contributed by atoms with Gasteiger partial charge in [0.15, 0.2) is 11.1 Å². The molecule has 0 amide bonds. The molecule has 2 rings (SSSR count). The molecule has 6 heteroatoms. The van der Waals surface area contributed by atoms with Crippen LogP contribution in [0.2, 0.25) is 0 Å². The Morgan fingerprint density at radius 2 is 1.91 bits per heavy atom. The molecule has 1 N–H and O–H groups in total. The van der Waals surface area contributed by atoms with Crippen LogP contribution >= 0.6 is 11.3 Å². The number of guanidine groups is 1.